The van der Waals surface area contributed by atoms with Crippen LogP contribution in [0.1, 0.15) is 45.5 Å². The third kappa shape index (κ3) is 3.97. The molecule has 0 spiro atoms. The number of hydrogen-bond acceptors (Lipinski definition) is 6. The number of ketones is 1. The summed E-state index contributed by atoms with van der Waals surface area (Å²) in [7, 11) is 1.34. The number of nitriles is 1. The fraction of sp³-hybridized carbons (Fsp3) is 0.138. The number of ether oxygens (including phenoxy) is 2. The first kappa shape index (κ1) is 23.8. The molecule has 2 aliphatic rings. The van der Waals surface area contributed by atoms with Crippen LogP contribution in [0.3, 0.4) is 0 Å². The summed E-state index contributed by atoms with van der Waals surface area (Å²) in [4.78, 5) is 26.4. The zero-order valence-corrected chi connectivity index (χ0v) is 21.8. The minimum atomic E-state index is -0.588. The Morgan fingerprint density at radius 2 is 1.81 bits per heavy atom. The molecular weight excluding hydrogens is 567 g/mol. The fourth-order valence-corrected chi connectivity index (χ4v) is 5.46. The van der Waals surface area contributed by atoms with E-state index in [0.717, 1.165) is 26.0 Å². The van der Waals surface area contributed by atoms with Gasteiger partial charge in [0.05, 0.1) is 33.6 Å². The normalized spacial score (nSPS) is 16.2. The maximum Gasteiger partial charge on any atom is 0.336 e. The van der Waals surface area contributed by atoms with Crippen molar-refractivity contribution in [3.63, 3.8) is 0 Å². The van der Waals surface area contributed by atoms with Gasteiger partial charge in [-0.25, -0.2) is 4.79 Å². The number of halogens is 1. The van der Waals surface area contributed by atoms with E-state index in [1.807, 2.05) is 67.6 Å². The van der Waals surface area contributed by atoms with Gasteiger partial charge >= 0.3 is 5.97 Å². The molecule has 1 heterocycles. The van der Waals surface area contributed by atoms with Crippen LogP contribution >= 0.6 is 22.6 Å². The molecule has 0 aromatic heterocycles. The summed E-state index contributed by atoms with van der Waals surface area (Å²) < 4.78 is 12.0. The lowest BCUT2D eigenvalue weighted by atomic mass is 9.80. The molecule has 3 aromatic rings. The molecule has 178 valence electrons. The Labute approximate surface area is 222 Å². The highest BCUT2D eigenvalue weighted by Gasteiger charge is 2.42. The lowest BCUT2D eigenvalue weighted by Gasteiger charge is -2.29. The van der Waals surface area contributed by atoms with Crippen molar-refractivity contribution in [3.05, 3.63) is 115 Å². The van der Waals surface area contributed by atoms with Crippen molar-refractivity contribution in [3.8, 4) is 11.8 Å². The standard InChI is InChI=1S/C29H21IN2O4/c1-16-24(29(34)35-2)25(26-27(32-16)20-9-5-6-10-21(20)28(26)33)17-11-12-23(22(30)13-17)36-15-19-8-4-3-7-18(19)14-31/h3-13,25,32H,15H2,1-2H3/t25-/m0/s1. The summed E-state index contributed by atoms with van der Waals surface area (Å²) in [6.45, 7) is 2.07. The molecule has 0 saturated carbocycles. The molecule has 6 nitrogen and oxygen atoms in total. The van der Waals surface area contributed by atoms with Gasteiger partial charge in [0.2, 0.25) is 0 Å². The molecule has 0 bridgehead atoms. The number of carbonyl (C=O) groups is 2. The quantitative estimate of drug-likeness (QED) is 0.314. The molecule has 0 fully saturated rings. The van der Waals surface area contributed by atoms with E-state index < -0.39 is 11.9 Å². The Morgan fingerprint density at radius 3 is 2.53 bits per heavy atom. The Kier molecular flexibility index (Phi) is 6.37. The van der Waals surface area contributed by atoms with Gasteiger partial charge in [-0.1, -0.05) is 48.5 Å². The molecule has 1 aliphatic carbocycles. The zero-order valence-electron chi connectivity index (χ0n) is 19.6. The van der Waals surface area contributed by atoms with E-state index >= 15 is 0 Å². The first-order chi connectivity index (χ1) is 17.4. The van der Waals surface area contributed by atoms with E-state index in [2.05, 4.69) is 34.0 Å². The topological polar surface area (TPSA) is 88.4 Å². The van der Waals surface area contributed by atoms with Gasteiger partial charge < -0.3 is 14.8 Å². The van der Waals surface area contributed by atoms with Crippen LogP contribution in [0, 0.1) is 14.9 Å². The number of fused-ring (bicyclic) bond motifs is 2. The lowest BCUT2D eigenvalue weighted by Crippen LogP contribution is -2.29. The monoisotopic (exact) mass is 588 g/mol. The molecular formula is C29H21IN2O4. The fourth-order valence-electron chi connectivity index (χ4n) is 4.77. The molecule has 36 heavy (non-hydrogen) atoms. The van der Waals surface area contributed by atoms with Gasteiger partial charge in [-0.05, 0) is 53.3 Å². The Morgan fingerprint density at radius 1 is 1.08 bits per heavy atom. The number of allylic oxidation sites excluding steroid dienone is 2. The highest BCUT2D eigenvalue weighted by molar-refractivity contribution is 14.1. The van der Waals surface area contributed by atoms with Crippen LogP contribution < -0.4 is 10.1 Å². The summed E-state index contributed by atoms with van der Waals surface area (Å²) in [6.07, 6.45) is 0. The molecule has 1 atom stereocenters. The summed E-state index contributed by atoms with van der Waals surface area (Å²) in [5.74, 6) is -0.522. The largest absolute Gasteiger partial charge is 0.488 e. The lowest BCUT2D eigenvalue weighted by molar-refractivity contribution is -0.136. The van der Waals surface area contributed by atoms with Gasteiger partial charge in [-0.3, -0.25) is 4.79 Å². The maximum atomic E-state index is 13.5. The molecule has 1 N–H and O–H groups in total. The van der Waals surface area contributed by atoms with E-state index in [1.54, 1.807) is 6.07 Å². The Hall–Kier alpha value is -3.90. The van der Waals surface area contributed by atoms with Crippen molar-refractivity contribution < 1.29 is 19.1 Å². The summed E-state index contributed by atoms with van der Waals surface area (Å²) in [5.41, 5.74) is 5.93. The number of nitrogens with zero attached hydrogens (tertiary/aromatic N) is 1. The Balaban J connectivity index is 1.54. The molecule has 0 radical (unpaired) electrons. The van der Waals surface area contributed by atoms with Crippen molar-refractivity contribution in [2.24, 2.45) is 0 Å². The number of benzene rings is 3. The van der Waals surface area contributed by atoms with Gasteiger partial charge in [0.25, 0.3) is 0 Å². The van der Waals surface area contributed by atoms with Crippen LogP contribution in [0.2, 0.25) is 0 Å². The van der Waals surface area contributed by atoms with Gasteiger partial charge in [0, 0.05) is 33.9 Å². The SMILES string of the molecule is COC(=O)C1=C(C)NC2=C(C(=O)c3ccccc32)[C@H]1c1ccc(OCc2ccccc2C#N)c(I)c1. The smallest absolute Gasteiger partial charge is 0.336 e. The average molecular weight is 588 g/mol. The average Bonchev–Trinajstić information content (AvgIpc) is 3.18. The van der Waals surface area contributed by atoms with Crippen LogP contribution in [-0.2, 0) is 16.1 Å². The first-order valence-electron chi connectivity index (χ1n) is 11.3. The molecule has 3 aromatic carbocycles. The highest BCUT2D eigenvalue weighted by atomic mass is 127. The minimum Gasteiger partial charge on any atom is -0.488 e. The second-order valence-corrected chi connectivity index (χ2v) is 9.66. The Bertz CT molecular complexity index is 1530. The molecule has 0 amide bonds. The molecule has 0 unspecified atom stereocenters. The van der Waals surface area contributed by atoms with E-state index in [-0.39, 0.29) is 12.4 Å². The number of esters is 1. The maximum absolute atomic E-state index is 13.5. The van der Waals surface area contributed by atoms with E-state index in [4.69, 9.17) is 9.47 Å². The minimum absolute atomic E-state index is 0.101. The number of methoxy groups -OCH3 is 1. The molecule has 1 aliphatic heterocycles. The van der Waals surface area contributed by atoms with Crippen molar-refractivity contribution in [2.45, 2.75) is 19.4 Å². The van der Waals surface area contributed by atoms with Crippen molar-refractivity contribution >= 4 is 40.0 Å². The van der Waals surface area contributed by atoms with Crippen molar-refractivity contribution in [1.29, 1.82) is 5.26 Å². The zero-order chi connectivity index (χ0) is 25.4. The third-order valence-corrected chi connectivity index (χ3v) is 7.31. The summed E-state index contributed by atoms with van der Waals surface area (Å²) in [5, 5.41) is 12.6. The predicted octanol–water partition coefficient (Wildman–Crippen LogP) is 5.48. The van der Waals surface area contributed by atoms with Crippen LogP contribution in [0.5, 0.6) is 5.75 Å². The number of dihydropyridines is 1. The summed E-state index contributed by atoms with van der Waals surface area (Å²) >= 11 is 2.19. The molecule has 0 saturated heterocycles. The van der Waals surface area contributed by atoms with Crippen LogP contribution in [0.4, 0.5) is 0 Å². The predicted molar refractivity (Wildman–Crippen MR) is 143 cm³/mol. The third-order valence-electron chi connectivity index (χ3n) is 6.46. The highest BCUT2D eigenvalue weighted by Crippen LogP contribution is 2.47. The van der Waals surface area contributed by atoms with Crippen LogP contribution in [-0.4, -0.2) is 18.9 Å². The van der Waals surface area contributed by atoms with Gasteiger partial charge in [-0.15, -0.1) is 0 Å². The van der Waals surface area contributed by atoms with E-state index in [9.17, 15) is 14.9 Å². The number of carbonyl (C=O) groups excluding carboxylic acids is 2. The van der Waals surface area contributed by atoms with Gasteiger partial charge in [-0.2, -0.15) is 5.26 Å². The number of hydrogen-bond donors (Lipinski definition) is 1. The molecule has 5 rings (SSSR count). The van der Waals surface area contributed by atoms with Crippen molar-refractivity contribution in [1.82, 2.24) is 5.32 Å². The number of nitrogens with one attached hydrogen (secondary N) is 1. The van der Waals surface area contributed by atoms with Crippen molar-refractivity contribution in [2.75, 3.05) is 7.11 Å². The van der Waals surface area contributed by atoms with Gasteiger partial charge in [0.15, 0.2) is 5.78 Å². The van der Waals surface area contributed by atoms with Crippen LogP contribution in [0.25, 0.3) is 5.70 Å². The molecule has 7 heteroatoms. The van der Waals surface area contributed by atoms with Crippen LogP contribution in [0.15, 0.2) is 83.6 Å². The van der Waals surface area contributed by atoms with Gasteiger partial charge in [0.1, 0.15) is 12.4 Å². The number of rotatable bonds is 5. The van der Waals surface area contributed by atoms with E-state index in [1.165, 1.54) is 7.11 Å². The number of Topliss-reactive ketones (excluding diaryl/α,β-unsaturated/α-hetero) is 1. The van der Waals surface area contributed by atoms with E-state index in [0.29, 0.717) is 33.7 Å². The second kappa shape index (κ2) is 9.63. The first-order valence-corrected chi connectivity index (χ1v) is 12.4. The second-order valence-electron chi connectivity index (χ2n) is 8.50. The summed E-state index contributed by atoms with van der Waals surface area (Å²) in [6, 6.07) is 22.6.